The van der Waals surface area contributed by atoms with E-state index < -0.39 is 0 Å². The van der Waals surface area contributed by atoms with Crippen molar-refractivity contribution in [1.82, 2.24) is 0 Å². The van der Waals surface area contributed by atoms with E-state index >= 15 is 0 Å². The van der Waals surface area contributed by atoms with Crippen LogP contribution in [0.5, 0.6) is 11.5 Å². The predicted molar refractivity (Wildman–Crippen MR) is 78.9 cm³/mol. The number of ether oxygens (including phenoxy) is 2. The van der Waals surface area contributed by atoms with Crippen molar-refractivity contribution >= 4 is 17.9 Å². The van der Waals surface area contributed by atoms with Crippen molar-refractivity contribution in [3.8, 4) is 17.6 Å². The van der Waals surface area contributed by atoms with Crippen LogP contribution in [-0.2, 0) is 6.61 Å². The van der Waals surface area contributed by atoms with Crippen molar-refractivity contribution in [1.29, 1.82) is 5.26 Å². The fourth-order valence-corrected chi connectivity index (χ4v) is 2.06. The minimum Gasteiger partial charge on any atom is -0.495 e. The second-order valence-corrected chi connectivity index (χ2v) is 4.61. The van der Waals surface area contributed by atoms with Crippen molar-refractivity contribution < 1.29 is 14.3 Å². The Balaban J connectivity index is 2.19. The molecule has 0 aromatic heterocycles. The molecule has 0 fully saturated rings. The highest BCUT2D eigenvalue weighted by atomic mass is 35.5. The Kier molecular flexibility index (Phi) is 4.81. The summed E-state index contributed by atoms with van der Waals surface area (Å²) in [6.07, 6.45) is 0.659. The lowest BCUT2D eigenvalue weighted by Gasteiger charge is -2.10. The van der Waals surface area contributed by atoms with E-state index in [2.05, 4.69) is 6.07 Å². The summed E-state index contributed by atoms with van der Waals surface area (Å²) < 4.78 is 10.7. The van der Waals surface area contributed by atoms with Crippen LogP contribution in [0.1, 0.15) is 21.5 Å². The average molecular weight is 302 g/mol. The van der Waals surface area contributed by atoms with Gasteiger partial charge < -0.3 is 9.47 Å². The largest absolute Gasteiger partial charge is 0.495 e. The number of rotatable bonds is 5. The second-order valence-electron chi connectivity index (χ2n) is 4.20. The van der Waals surface area contributed by atoms with Crippen molar-refractivity contribution in [3.63, 3.8) is 0 Å². The maximum Gasteiger partial charge on any atom is 0.155 e. The maximum atomic E-state index is 11.0. The highest BCUT2D eigenvalue weighted by molar-refractivity contribution is 6.33. The first kappa shape index (κ1) is 14.9. The number of nitrogens with zero attached hydrogens (tertiary/aromatic N) is 1. The van der Waals surface area contributed by atoms with Crippen LogP contribution in [-0.4, -0.2) is 13.4 Å². The fraction of sp³-hybridized carbons (Fsp3) is 0.125. The topological polar surface area (TPSA) is 59.3 Å². The number of hydrogen-bond donors (Lipinski definition) is 0. The molecule has 0 amide bonds. The van der Waals surface area contributed by atoms with Gasteiger partial charge in [0.1, 0.15) is 24.2 Å². The third-order valence-electron chi connectivity index (χ3n) is 2.91. The summed E-state index contributed by atoms with van der Waals surface area (Å²) in [5.74, 6) is 0.921. The lowest BCUT2D eigenvalue weighted by molar-refractivity contribution is 0.111. The standard InChI is InChI=1S/C16H12ClNO3/c1-20-15-6-5-11(7-12(15)8-18)10-21-16-4-2-3-14(17)13(16)9-19/h2-7,9H,10H2,1H3. The normalized spacial score (nSPS) is 9.76. The van der Waals surface area contributed by atoms with Crippen LogP contribution in [0, 0.1) is 11.3 Å². The van der Waals surface area contributed by atoms with Gasteiger partial charge in [0.05, 0.1) is 23.3 Å². The molecular formula is C16H12ClNO3. The summed E-state index contributed by atoms with van der Waals surface area (Å²) >= 11 is 5.93. The van der Waals surface area contributed by atoms with Crippen molar-refractivity contribution in [3.05, 3.63) is 58.1 Å². The van der Waals surface area contributed by atoms with Crippen molar-refractivity contribution in [2.45, 2.75) is 6.61 Å². The molecule has 2 aromatic rings. The molecule has 0 saturated carbocycles. The van der Waals surface area contributed by atoms with Crippen molar-refractivity contribution in [2.24, 2.45) is 0 Å². The lowest BCUT2D eigenvalue weighted by atomic mass is 10.1. The molecule has 106 valence electrons. The van der Waals surface area contributed by atoms with Crippen LogP contribution < -0.4 is 9.47 Å². The molecule has 2 aromatic carbocycles. The molecule has 0 aliphatic heterocycles. The van der Waals surface area contributed by atoms with Gasteiger partial charge in [0.2, 0.25) is 0 Å². The van der Waals surface area contributed by atoms with Gasteiger partial charge in [-0.3, -0.25) is 4.79 Å². The third kappa shape index (κ3) is 3.33. The van der Waals surface area contributed by atoms with Gasteiger partial charge in [-0.2, -0.15) is 5.26 Å². The highest BCUT2D eigenvalue weighted by Crippen LogP contribution is 2.26. The summed E-state index contributed by atoms with van der Waals surface area (Å²) in [6.45, 7) is 0.222. The van der Waals surface area contributed by atoms with Crippen LogP contribution in [0.15, 0.2) is 36.4 Å². The molecule has 0 heterocycles. The van der Waals surface area contributed by atoms with Crippen LogP contribution in [0.25, 0.3) is 0 Å². The Morgan fingerprint density at radius 2 is 2.10 bits per heavy atom. The molecule has 2 rings (SSSR count). The van der Waals surface area contributed by atoms with Gasteiger partial charge in [-0.05, 0) is 29.8 Å². The number of methoxy groups -OCH3 is 1. The van der Waals surface area contributed by atoms with Crippen molar-refractivity contribution in [2.75, 3.05) is 7.11 Å². The number of carbonyl (C=O) groups excluding carboxylic acids is 1. The quantitative estimate of drug-likeness (QED) is 0.792. The fourth-order valence-electron chi connectivity index (χ4n) is 1.85. The summed E-state index contributed by atoms with van der Waals surface area (Å²) in [4.78, 5) is 11.0. The second kappa shape index (κ2) is 6.78. The van der Waals surface area contributed by atoms with Crippen LogP contribution in [0.4, 0.5) is 0 Å². The third-order valence-corrected chi connectivity index (χ3v) is 3.24. The molecule has 0 radical (unpaired) electrons. The van der Waals surface area contributed by atoms with E-state index in [0.717, 1.165) is 5.56 Å². The van der Waals surface area contributed by atoms with Gasteiger partial charge in [0, 0.05) is 0 Å². The van der Waals surface area contributed by atoms with E-state index in [1.165, 1.54) is 7.11 Å². The molecule has 0 saturated heterocycles. The van der Waals surface area contributed by atoms with E-state index in [1.807, 2.05) is 0 Å². The van der Waals surface area contributed by atoms with E-state index in [-0.39, 0.29) is 6.61 Å². The van der Waals surface area contributed by atoms with Crippen LogP contribution >= 0.6 is 11.6 Å². The van der Waals surface area contributed by atoms with E-state index in [4.69, 9.17) is 26.3 Å². The molecule has 0 unspecified atom stereocenters. The Bertz CT molecular complexity index is 707. The average Bonchev–Trinajstić information content (AvgIpc) is 2.52. The molecule has 0 bridgehead atoms. The molecule has 4 nitrogen and oxygen atoms in total. The van der Waals surface area contributed by atoms with Gasteiger partial charge in [0.15, 0.2) is 6.29 Å². The predicted octanol–water partition coefficient (Wildman–Crippen LogP) is 3.61. The molecule has 0 spiro atoms. The zero-order valence-electron chi connectivity index (χ0n) is 11.3. The van der Waals surface area contributed by atoms with Crippen LogP contribution in [0.2, 0.25) is 5.02 Å². The number of carbonyl (C=O) groups is 1. The monoisotopic (exact) mass is 301 g/mol. The number of aldehydes is 1. The zero-order valence-corrected chi connectivity index (χ0v) is 12.1. The molecule has 0 atom stereocenters. The SMILES string of the molecule is COc1ccc(COc2cccc(Cl)c2C=O)cc1C#N. The smallest absolute Gasteiger partial charge is 0.155 e. The molecule has 0 aliphatic rings. The van der Waals surface area contributed by atoms with E-state index in [1.54, 1.807) is 36.4 Å². The first-order chi connectivity index (χ1) is 10.2. The number of benzene rings is 2. The summed E-state index contributed by atoms with van der Waals surface area (Å²) in [7, 11) is 1.51. The van der Waals surface area contributed by atoms with Gasteiger partial charge in [-0.15, -0.1) is 0 Å². The first-order valence-electron chi connectivity index (χ1n) is 6.13. The maximum absolute atomic E-state index is 11.0. The highest BCUT2D eigenvalue weighted by Gasteiger charge is 2.08. The van der Waals surface area contributed by atoms with E-state index in [9.17, 15) is 4.79 Å². The zero-order chi connectivity index (χ0) is 15.2. The Labute approximate surface area is 127 Å². The molecule has 0 N–H and O–H groups in total. The van der Waals surface area contributed by atoms with E-state index in [0.29, 0.717) is 33.9 Å². The van der Waals surface area contributed by atoms with Gasteiger partial charge in [-0.25, -0.2) is 0 Å². The number of halogens is 1. The summed E-state index contributed by atoms with van der Waals surface area (Å²) in [6, 6.07) is 12.2. The number of hydrogen-bond acceptors (Lipinski definition) is 4. The summed E-state index contributed by atoms with van der Waals surface area (Å²) in [5.41, 5.74) is 1.54. The molecule has 21 heavy (non-hydrogen) atoms. The lowest BCUT2D eigenvalue weighted by Crippen LogP contribution is -2.00. The Morgan fingerprint density at radius 3 is 2.76 bits per heavy atom. The molecular weight excluding hydrogens is 290 g/mol. The minimum atomic E-state index is 0.222. The Morgan fingerprint density at radius 1 is 1.29 bits per heavy atom. The summed E-state index contributed by atoms with van der Waals surface area (Å²) in [5, 5.41) is 9.39. The molecule has 0 aliphatic carbocycles. The molecule has 5 heteroatoms. The van der Waals surface area contributed by atoms with Crippen LogP contribution in [0.3, 0.4) is 0 Å². The van der Waals surface area contributed by atoms with Gasteiger partial charge >= 0.3 is 0 Å². The Hall–Kier alpha value is -2.51. The first-order valence-corrected chi connectivity index (χ1v) is 6.51. The van der Waals surface area contributed by atoms with Gasteiger partial charge in [-0.1, -0.05) is 23.7 Å². The van der Waals surface area contributed by atoms with Gasteiger partial charge in [0.25, 0.3) is 0 Å². The minimum absolute atomic E-state index is 0.222. The number of nitriles is 1.